The Balaban J connectivity index is 1.43. The highest BCUT2D eigenvalue weighted by atomic mass is 16.7. The van der Waals surface area contributed by atoms with Gasteiger partial charge >= 0.3 is 0 Å². The second-order valence-electron chi connectivity index (χ2n) is 6.79. The average Bonchev–Trinajstić information content (AvgIpc) is 3.19. The van der Waals surface area contributed by atoms with Crippen LogP contribution in [-0.4, -0.2) is 53.5 Å². The molecular formula is C18H25N5O2. The molecule has 2 saturated heterocycles. The molecule has 0 saturated carbocycles. The average molecular weight is 343 g/mol. The summed E-state index contributed by atoms with van der Waals surface area (Å²) in [6, 6.07) is 4.10. The van der Waals surface area contributed by atoms with Gasteiger partial charge in [0.15, 0.2) is 0 Å². The number of anilines is 1. The second kappa shape index (κ2) is 7.49. The molecule has 7 heteroatoms. The quantitative estimate of drug-likeness (QED) is 0.845. The van der Waals surface area contributed by atoms with Crippen molar-refractivity contribution in [3.05, 3.63) is 24.2 Å². The van der Waals surface area contributed by atoms with Crippen LogP contribution in [-0.2, 0) is 4.84 Å². The summed E-state index contributed by atoms with van der Waals surface area (Å²) in [6.07, 6.45) is 7.62. The summed E-state index contributed by atoms with van der Waals surface area (Å²) in [6.45, 7) is 3.98. The number of nitrogens with zero attached hydrogens (tertiary/aromatic N) is 5. The number of hydrogen-bond acceptors (Lipinski definition) is 7. The monoisotopic (exact) mass is 343 g/mol. The van der Waals surface area contributed by atoms with E-state index >= 15 is 0 Å². The molecule has 0 aliphatic carbocycles. The first-order chi connectivity index (χ1) is 12.3. The maximum Gasteiger partial charge on any atom is 0.230 e. The highest BCUT2D eigenvalue weighted by molar-refractivity contribution is 5.56. The van der Waals surface area contributed by atoms with Crippen molar-refractivity contribution in [2.45, 2.75) is 38.0 Å². The molecule has 2 aliphatic rings. The Morgan fingerprint density at radius 3 is 2.56 bits per heavy atom. The maximum absolute atomic E-state index is 5.52. The molecular weight excluding hydrogens is 318 g/mol. The molecule has 25 heavy (non-hydrogen) atoms. The van der Waals surface area contributed by atoms with Crippen molar-refractivity contribution in [2.75, 3.05) is 38.2 Å². The lowest BCUT2D eigenvalue weighted by Crippen LogP contribution is -2.32. The number of hydrogen-bond donors (Lipinski definition) is 0. The molecule has 0 bridgehead atoms. The Kier molecular flexibility index (Phi) is 4.94. The van der Waals surface area contributed by atoms with Crippen LogP contribution >= 0.6 is 0 Å². The third kappa shape index (κ3) is 3.67. The number of pyridine rings is 1. The lowest BCUT2D eigenvalue weighted by Gasteiger charge is -2.27. The van der Waals surface area contributed by atoms with Crippen LogP contribution < -0.4 is 4.90 Å². The third-order valence-electron chi connectivity index (χ3n) is 5.19. The van der Waals surface area contributed by atoms with E-state index in [0.29, 0.717) is 11.7 Å². The predicted molar refractivity (Wildman–Crippen MR) is 94.2 cm³/mol. The lowest BCUT2D eigenvalue weighted by molar-refractivity contribution is -0.144. The molecule has 2 aromatic heterocycles. The van der Waals surface area contributed by atoms with Gasteiger partial charge in [-0.3, -0.25) is 0 Å². The molecule has 2 fully saturated rings. The number of aromatic nitrogens is 3. The van der Waals surface area contributed by atoms with Crippen LogP contribution in [0.3, 0.4) is 0 Å². The minimum atomic E-state index is 0.313. The van der Waals surface area contributed by atoms with Crippen molar-refractivity contribution >= 4 is 5.82 Å². The standard InChI is InChI=1S/C18H25N5O2/c1-24-23-11-7-14(8-12-23)18-20-17(21-25-18)15-5-6-16(19-13-15)22-9-3-2-4-10-22/h5-6,13-14H,2-4,7-12H2,1H3. The molecule has 0 aromatic carbocycles. The van der Waals surface area contributed by atoms with Crippen LogP contribution in [0.25, 0.3) is 11.4 Å². The maximum atomic E-state index is 5.52. The van der Waals surface area contributed by atoms with Gasteiger partial charge in [-0.2, -0.15) is 10.0 Å². The summed E-state index contributed by atoms with van der Waals surface area (Å²) in [5, 5.41) is 6.13. The van der Waals surface area contributed by atoms with E-state index in [9.17, 15) is 0 Å². The van der Waals surface area contributed by atoms with Gasteiger partial charge < -0.3 is 14.3 Å². The van der Waals surface area contributed by atoms with Crippen molar-refractivity contribution in [1.29, 1.82) is 0 Å². The fourth-order valence-corrected chi connectivity index (χ4v) is 3.63. The highest BCUT2D eigenvalue weighted by Gasteiger charge is 2.25. The van der Waals surface area contributed by atoms with E-state index < -0.39 is 0 Å². The summed E-state index contributed by atoms with van der Waals surface area (Å²) >= 11 is 0. The number of piperidine rings is 2. The van der Waals surface area contributed by atoms with Gasteiger partial charge in [-0.1, -0.05) is 5.16 Å². The first-order valence-electron chi connectivity index (χ1n) is 9.17. The Morgan fingerprint density at radius 1 is 1.08 bits per heavy atom. The van der Waals surface area contributed by atoms with E-state index in [2.05, 4.69) is 26.1 Å². The van der Waals surface area contributed by atoms with Crippen molar-refractivity contribution in [1.82, 2.24) is 20.2 Å². The first kappa shape index (κ1) is 16.5. The van der Waals surface area contributed by atoms with Gasteiger partial charge in [0.05, 0.1) is 7.11 Å². The van der Waals surface area contributed by atoms with E-state index in [1.54, 1.807) is 7.11 Å². The molecule has 4 rings (SSSR count). The van der Waals surface area contributed by atoms with Gasteiger partial charge in [0.2, 0.25) is 11.7 Å². The van der Waals surface area contributed by atoms with Gasteiger partial charge in [-0.05, 0) is 44.2 Å². The summed E-state index contributed by atoms with van der Waals surface area (Å²) in [7, 11) is 1.71. The molecule has 0 spiro atoms. The van der Waals surface area contributed by atoms with Gasteiger partial charge in [0.1, 0.15) is 5.82 Å². The normalized spacial score (nSPS) is 20.1. The smallest absolute Gasteiger partial charge is 0.230 e. The molecule has 2 aromatic rings. The van der Waals surface area contributed by atoms with Crippen LogP contribution in [0.5, 0.6) is 0 Å². The Morgan fingerprint density at radius 2 is 1.88 bits per heavy atom. The summed E-state index contributed by atoms with van der Waals surface area (Å²) < 4.78 is 5.52. The van der Waals surface area contributed by atoms with E-state index in [1.165, 1.54) is 19.3 Å². The van der Waals surface area contributed by atoms with Crippen LogP contribution in [0.4, 0.5) is 5.82 Å². The van der Waals surface area contributed by atoms with Gasteiger partial charge in [-0.25, -0.2) is 4.98 Å². The zero-order valence-electron chi connectivity index (χ0n) is 14.7. The molecule has 7 nitrogen and oxygen atoms in total. The molecule has 2 aliphatic heterocycles. The fraction of sp³-hybridized carbons (Fsp3) is 0.611. The second-order valence-corrected chi connectivity index (χ2v) is 6.79. The van der Waals surface area contributed by atoms with Crippen LogP contribution in [0, 0.1) is 0 Å². The lowest BCUT2D eigenvalue weighted by atomic mass is 9.98. The minimum Gasteiger partial charge on any atom is -0.357 e. The Labute approximate surface area is 147 Å². The zero-order chi connectivity index (χ0) is 17.1. The van der Waals surface area contributed by atoms with Crippen molar-refractivity contribution in [3.63, 3.8) is 0 Å². The van der Waals surface area contributed by atoms with Gasteiger partial charge in [0, 0.05) is 43.9 Å². The molecule has 0 amide bonds. The van der Waals surface area contributed by atoms with E-state index in [4.69, 9.17) is 9.36 Å². The highest BCUT2D eigenvalue weighted by Crippen LogP contribution is 2.28. The zero-order valence-corrected chi connectivity index (χ0v) is 14.7. The molecule has 0 atom stereocenters. The van der Waals surface area contributed by atoms with Crippen LogP contribution in [0.15, 0.2) is 22.9 Å². The minimum absolute atomic E-state index is 0.313. The summed E-state index contributed by atoms with van der Waals surface area (Å²) in [5.41, 5.74) is 0.907. The topological polar surface area (TPSA) is 67.5 Å². The number of rotatable bonds is 4. The van der Waals surface area contributed by atoms with Crippen LogP contribution in [0.2, 0.25) is 0 Å². The first-order valence-corrected chi connectivity index (χ1v) is 9.17. The fourth-order valence-electron chi connectivity index (χ4n) is 3.63. The third-order valence-corrected chi connectivity index (χ3v) is 5.19. The van der Waals surface area contributed by atoms with E-state index in [-0.39, 0.29) is 0 Å². The Bertz CT molecular complexity index is 673. The van der Waals surface area contributed by atoms with Crippen molar-refractivity contribution < 1.29 is 9.36 Å². The molecule has 0 N–H and O–H groups in total. The van der Waals surface area contributed by atoms with Gasteiger partial charge in [0.25, 0.3) is 0 Å². The van der Waals surface area contributed by atoms with Crippen LogP contribution in [0.1, 0.15) is 43.9 Å². The van der Waals surface area contributed by atoms with E-state index in [0.717, 1.165) is 56.3 Å². The Hall–Kier alpha value is -1.99. The van der Waals surface area contributed by atoms with Crippen molar-refractivity contribution in [3.8, 4) is 11.4 Å². The molecule has 4 heterocycles. The van der Waals surface area contributed by atoms with Crippen molar-refractivity contribution in [2.24, 2.45) is 0 Å². The molecule has 0 radical (unpaired) electrons. The largest absolute Gasteiger partial charge is 0.357 e. The number of hydroxylamine groups is 2. The van der Waals surface area contributed by atoms with Gasteiger partial charge in [-0.15, -0.1) is 0 Å². The predicted octanol–water partition coefficient (Wildman–Crippen LogP) is 2.86. The summed E-state index contributed by atoms with van der Waals surface area (Å²) in [4.78, 5) is 16.8. The van der Waals surface area contributed by atoms with E-state index in [1.807, 2.05) is 17.3 Å². The SMILES string of the molecule is CON1CCC(c2nc(-c3ccc(N4CCCCC4)nc3)no2)CC1. The molecule has 0 unspecified atom stereocenters. The molecule has 134 valence electrons. The summed E-state index contributed by atoms with van der Waals surface area (Å²) in [5.74, 6) is 2.71.